The van der Waals surface area contributed by atoms with Crippen molar-refractivity contribution < 1.29 is 14.6 Å². The summed E-state index contributed by atoms with van der Waals surface area (Å²) in [6.07, 6.45) is 2.01. The highest BCUT2D eigenvalue weighted by Crippen LogP contribution is 2.24. The van der Waals surface area contributed by atoms with Crippen LogP contribution < -0.4 is 4.74 Å². The van der Waals surface area contributed by atoms with Gasteiger partial charge in [-0.2, -0.15) is 0 Å². The molecule has 0 bridgehead atoms. The van der Waals surface area contributed by atoms with Crippen LogP contribution in [0.3, 0.4) is 0 Å². The van der Waals surface area contributed by atoms with Gasteiger partial charge in [0.15, 0.2) is 0 Å². The maximum absolute atomic E-state index is 10.8. The van der Waals surface area contributed by atoms with Crippen molar-refractivity contribution in [3.05, 3.63) is 23.8 Å². The Kier molecular flexibility index (Phi) is 4.16. The van der Waals surface area contributed by atoms with Gasteiger partial charge < -0.3 is 14.6 Å². The van der Waals surface area contributed by atoms with Crippen LogP contribution in [-0.2, 0) is 11.2 Å². The standard InChI is InChI=1S/C12H16O3/c1-9(13)4-3-5-10-8-11(15-2)6-7-12(10)14/h6-8,14H,3-5H2,1-2H3. The molecule has 0 heterocycles. The molecule has 0 aliphatic heterocycles. The van der Waals surface area contributed by atoms with Crippen LogP contribution in [-0.4, -0.2) is 18.0 Å². The maximum atomic E-state index is 10.8. The fraction of sp³-hybridized carbons (Fsp3) is 0.417. The molecule has 0 atom stereocenters. The second-order valence-corrected chi connectivity index (χ2v) is 3.55. The van der Waals surface area contributed by atoms with E-state index in [0.717, 1.165) is 17.7 Å². The largest absolute Gasteiger partial charge is 0.508 e. The van der Waals surface area contributed by atoms with Gasteiger partial charge in [-0.15, -0.1) is 0 Å². The molecule has 0 saturated carbocycles. The molecule has 0 radical (unpaired) electrons. The van der Waals surface area contributed by atoms with Gasteiger partial charge in [0.25, 0.3) is 0 Å². The molecule has 82 valence electrons. The van der Waals surface area contributed by atoms with E-state index < -0.39 is 0 Å². The Morgan fingerprint density at radius 2 is 2.20 bits per heavy atom. The molecule has 0 saturated heterocycles. The molecule has 0 unspecified atom stereocenters. The van der Waals surface area contributed by atoms with E-state index >= 15 is 0 Å². The zero-order chi connectivity index (χ0) is 11.3. The monoisotopic (exact) mass is 208 g/mol. The summed E-state index contributed by atoms with van der Waals surface area (Å²) in [6.45, 7) is 1.57. The number of ether oxygens (including phenoxy) is 1. The predicted molar refractivity (Wildman–Crippen MR) is 58.3 cm³/mol. The number of hydrogen-bond donors (Lipinski definition) is 1. The summed E-state index contributed by atoms with van der Waals surface area (Å²) in [5, 5.41) is 9.56. The van der Waals surface area contributed by atoms with Crippen molar-refractivity contribution in [2.75, 3.05) is 7.11 Å². The normalized spacial score (nSPS) is 10.0. The maximum Gasteiger partial charge on any atom is 0.129 e. The van der Waals surface area contributed by atoms with Crippen molar-refractivity contribution >= 4 is 5.78 Å². The summed E-state index contributed by atoms with van der Waals surface area (Å²) in [5.74, 6) is 1.17. The summed E-state index contributed by atoms with van der Waals surface area (Å²) in [6, 6.07) is 5.13. The van der Waals surface area contributed by atoms with Crippen LogP contribution in [0.25, 0.3) is 0 Å². The first-order valence-corrected chi connectivity index (χ1v) is 4.99. The summed E-state index contributed by atoms with van der Waals surface area (Å²) in [5.41, 5.74) is 0.829. The first-order chi connectivity index (χ1) is 7.13. The fourth-order valence-corrected chi connectivity index (χ4v) is 1.42. The van der Waals surface area contributed by atoms with E-state index in [2.05, 4.69) is 0 Å². The van der Waals surface area contributed by atoms with Gasteiger partial charge in [-0.05, 0) is 43.5 Å². The molecule has 0 amide bonds. The van der Waals surface area contributed by atoms with Crippen molar-refractivity contribution in [2.45, 2.75) is 26.2 Å². The van der Waals surface area contributed by atoms with Crippen LogP contribution in [0, 0.1) is 0 Å². The molecule has 0 fully saturated rings. The highest BCUT2D eigenvalue weighted by Gasteiger charge is 2.03. The Bertz CT molecular complexity index is 345. The van der Waals surface area contributed by atoms with Gasteiger partial charge in [0, 0.05) is 6.42 Å². The Morgan fingerprint density at radius 3 is 2.80 bits per heavy atom. The van der Waals surface area contributed by atoms with Gasteiger partial charge >= 0.3 is 0 Å². The molecule has 0 aromatic heterocycles. The Balaban J connectivity index is 2.62. The number of benzene rings is 1. The lowest BCUT2D eigenvalue weighted by Crippen LogP contribution is -1.93. The molecule has 3 nitrogen and oxygen atoms in total. The minimum Gasteiger partial charge on any atom is -0.508 e. The van der Waals surface area contributed by atoms with Gasteiger partial charge in [-0.25, -0.2) is 0 Å². The van der Waals surface area contributed by atoms with Crippen molar-refractivity contribution in [1.29, 1.82) is 0 Å². The summed E-state index contributed by atoms with van der Waals surface area (Å²) >= 11 is 0. The second kappa shape index (κ2) is 5.39. The molecule has 15 heavy (non-hydrogen) atoms. The van der Waals surface area contributed by atoms with E-state index in [4.69, 9.17) is 4.74 Å². The van der Waals surface area contributed by atoms with Crippen LogP contribution in [0.4, 0.5) is 0 Å². The molecule has 1 aromatic rings. The molecular weight excluding hydrogens is 192 g/mol. The van der Waals surface area contributed by atoms with Gasteiger partial charge in [0.05, 0.1) is 7.11 Å². The van der Waals surface area contributed by atoms with Crippen LogP contribution in [0.1, 0.15) is 25.3 Å². The zero-order valence-electron chi connectivity index (χ0n) is 9.12. The van der Waals surface area contributed by atoms with E-state index in [9.17, 15) is 9.90 Å². The predicted octanol–water partition coefficient (Wildman–Crippen LogP) is 2.31. The van der Waals surface area contributed by atoms with Gasteiger partial charge in [-0.1, -0.05) is 0 Å². The number of ketones is 1. The van der Waals surface area contributed by atoms with Crippen molar-refractivity contribution in [1.82, 2.24) is 0 Å². The third-order valence-corrected chi connectivity index (χ3v) is 2.26. The van der Waals surface area contributed by atoms with Crippen molar-refractivity contribution in [2.24, 2.45) is 0 Å². The zero-order valence-corrected chi connectivity index (χ0v) is 9.12. The Hall–Kier alpha value is -1.51. The highest BCUT2D eigenvalue weighted by atomic mass is 16.5. The third kappa shape index (κ3) is 3.62. The number of methoxy groups -OCH3 is 1. The number of hydrogen-bond acceptors (Lipinski definition) is 3. The summed E-state index contributed by atoms with van der Waals surface area (Å²) < 4.78 is 5.06. The average molecular weight is 208 g/mol. The lowest BCUT2D eigenvalue weighted by atomic mass is 10.1. The molecule has 0 aliphatic carbocycles. The SMILES string of the molecule is COc1ccc(O)c(CCCC(C)=O)c1. The number of carbonyl (C=O) groups is 1. The van der Waals surface area contributed by atoms with E-state index in [-0.39, 0.29) is 11.5 Å². The molecule has 3 heteroatoms. The highest BCUT2D eigenvalue weighted by molar-refractivity contribution is 5.75. The lowest BCUT2D eigenvalue weighted by molar-refractivity contribution is -0.117. The number of carbonyl (C=O) groups excluding carboxylic acids is 1. The van der Waals surface area contributed by atoms with Crippen molar-refractivity contribution in [3.63, 3.8) is 0 Å². The van der Waals surface area contributed by atoms with Gasteiger partial charge in [0.2, 0.25) is 0 Å². The Morgan fingerprint density at radius 1 is 1.47 bits per heavy atom. The number of aryl methyl sites for hydroxylation is 1. The summed E-state index contributed by atoms with van der Waals surface area (Å²) in [7, 11) is 1.59. The minimum absolute atomic E-state index is 0.178. The number of rotatable bonds is 5. The van der Waals surface area contributed by atoms with Crippen LogP contribution >= 0.6 is 0 Å². The van der Waals surface area contributed by atoms with Gasteiger partial charge in [0.1, 0.15) is 17.3 Å². The molecule has 1 N–H and O–H groups in total. The molecule has 1 aromatic carbocycles. The molecule has 0 aliphatic rings. The lowest BCUT2D eigenvalue weighted by Gasteiger charge is -2.06. The quantitative estimate of drug-likeness (QED) is 0.807. The number of phenols is 1. The van der Waals surface area contributed by atoms with E-state index in [1.54, 1.807) is 32.2 Å². The smallest absolute Gasteiger partial charge is 0.129 e. The third-order valence-electron chi connectivity index (χ3n) is 2.26. The topological polar surface area (TPSA) is 46.5 Å². The molecule has 1 rings (SSSR count). The average Bonchev–Trinajstić information content (AvgIpc) is 2.20. The van der Waals surface area contributed by atoms with Crippen LogP contribution in [0.2, 0.25) is 0 Å². The molecular formula is C12H16O3. The van der Waals surface area contributed by atoms with E-state index in [0.29, 0.717) is 12.8 Å². The second-order valence-electron chi connectivity index (χ2n) is 3.55. The molecule has 0 spiro atoms. The first-order valence-electron chi connectivity index (χ1n) is 4.99. The fourth-order valence-electron chi connectivity index (χ4n) is 1.42. The van der Waals surface area contributed by atoms with Crippen LogP contribution in [0.15, 0.2) is 18.2 Å². The van der Waals surface area contributed by atoms with Crippen molar-refractivity contribution in [3.8, 4) is 11.5 Å². The first kappa shape index (κ1) is 11.6. The summed E-state index contributed by atoms with van der Waals surface area (Å²) in [4.78, 5) is 10.8. The minimum atomic E-state index is 0.178. The number of phenolic OH excluding ortho intramolecular Hbond substituents is 1. The van der Waals surface area contributed by atoms with E-state index in [1.165, 1.54) is 0 Å². The van der Waals surface area contributed by atoms with E-state index in [1.807, 2.05) is 0 Å². The number of Topliss-reactive ketones (excluding diaryl/α,β-unsaturated/α-hetero) is 1. The number of aromatic hydroxyl groups is 1. The van der Waals surface area contributed by atoms with Gasteiger partial charge in [-0.3, -0.25) is 0 Å². The Labute approximate surface area is 89.7 Å². The van der Waals surface area contributed by atoms with Crippen LogP contribution in [0.5, 0.6) is 11.5 Å².